The van der Waals surface area contributed by atoms with E-state index in [0.29, 0.717) is 5.39 Å². The predicted molar refractivity (Wildman–Crippen MR) is 128 cm³/mol. The largest absolute Gasteiger partial charge is 0.368 e. The second-order valence-electron chi connectivity index (χ2n) is 7.65. The number of sulfonamides is 1. The third-order valence-electron chi connectivity index (χ3n) is 5.45. The lowest BCUT2D eigenvalue weighted by atomic mass is 9.94. The average Bonchev–Trinajstić information content (AvgIpc) is 2.79. The van der Waals surface area contributed by atoms with Gasteiger partial charge in [0.25, 0.3) is 0 Å². The second kappa shape index (κ2) is 9.35. The molecule has 0 saturated carbocycles. The van der Waals surface area contributed by atoms with Crippen molar-refractivity contribution in [2.75, 3.05) is 25.9 Å². The number of hydrogen-bond donors (Lipinski definition) is 2. The maximum atomic E-state index is 13.5. The Labute approximate surface area is 191 Å². The Morgan fingerprint density at radius 2 is 1.61 bits per heavy atom. The SMILES string of the molecule is CCOP(=O)(F)CCC(=O)NCCNS(=O)(=O)c1ccc2ccc3cccc4ccc1c2c34. The normalized spacial score (nSPS) is 14.1. The van der Waals surface area contributed by atoms with E-state index in [0.717, 1.165) is 26.9 Å². The van der Waals surface area contributed by atoms with Gasteiger partial charge in [-0.1, -0.05) is 48.5 Å². The predicted octanol–water partition coefficient (Wildman–Crippen LogP) is 4.57. The summed E-state index contributed by atoms with van der Waals surface area (Å²) in [6.07, 6.45) is -0.823. The van der Waals surface area contributed by atoms with E-state index in [1.54, 1.807) is 12.1 Å². The van der Waals surface area contributed by atoms with E-state index in [1.165, 1.54) is 6.92 Å². The molecule has 0 fully saturated rings. The molecule has 0 radical (unpaired) electrons. The van der Waals surface area contributed by atoms with Crippen LogP contribution in [0.5, 0.6) is 0 Å². The Hall–Kier alpha value is -2.58. The van der Waals surface area contributed by atoms with Gasteiger partial charge in [-0.05, 0) is 39.9 Å². The fraction of sp³-hybridized carbons (Fsp3) is 0.261. The maximum absolute atomic E-state index is 13.5. The molecule has 0 aliphatic heterocycles. The van der Waals surface area contributed by atoms with E-state index < -0.39 is 29.8 Å². The van der Waals surface area contributed by atoms with Crippen molar-refractivity contribution in [3.8, 4) is 0 Å². The Morgan fingerprint density at radius 1 is 0.970 bits per heavy atom. The minimum atomic E-state index is -4.27. The Bertz CT molecular complexity index is 1460. The first-order valence-corrected chi connectivity index (χ1v) is 13.8. The van der Waals surface area contributed by atoms with Gasteiger partial charge >= 0.3 is 7.68 Å². The van der Waals surface area contributed by atoms with Crippen LogP contribution in [0.15, 0.2) is 59.5 Å². The number of benzene rings is 4. The van der Waals surface area contributed by atoms with Gasteiger partial charge in [-0.3, -0.25) is 9.36 Å². The summed E-state index contributed by atoms with van der Waals surface area (Å²) in [6, 6.07) is 17.1. The molecule has 0 bridgehead atoms. The second-order valence-corrected chi connectivity index (χ2v) is 11.3. The average molecular weight is 490 g/mol. The van der Waals surface area contributed by atoms with Gasteiger partial charge in [-0.25, -0.2) is 13.1 Å². The highest BCUT2D eigenvalue weighted by Gasteiger charge is 2.23. The molecule has 2 N–H and O–H groups in total. The summed E-state index contributed by atoms with van der Waals surface area (Å²) in [6.45, 7) is 1.43. The van der Waals surface area contributed by atoms with Gasteiger partial charge in [0.2, 0.25) is 15.9 Å². The van der Waals surface area contributed by atoms with Crippen LogP contribution < -0.4 is 10.0 Å². The Morgan fingerprint density at radius 3 is 2.30 bits per heavy atom. The maximum Gasteiger partial charge on any atom is 0.368 e. The van der Waals surface area contributed by atoms with Gasteiger partial charge in [0.15, 0.2) is 0 Å². The minimum Gasteiger partial charge on any atom is -0.355 e. The number of halogens is 1. The van der Waals surface area contributed by atoms with Gasteiger partial charge in [0.05, 0.1) is 17.7 Å². The fourth-order valence-corrected chi connectivity index (χ4v) is 6.21. The lowest BCUT2D eigenvalue weighted by molar-refractivity contribution is -0.120. The Balaban J connectivity index is 1.46. The molecule has 1 atom stereocenters. The highest BCUT2D eigenvalue weighted by atomic mass is 32.2. The molecule has 1 unspecified atom stereocenters. The van der Waals surface area contributed by atoms with Crippen LogP contribution in [-0.4, -0.2) is 40.2 Å². The number of carbonyl (C=O) groups excluding carboxylic acids is 1. The molecule has 0 saturated heterocycles. The Kier molecular flexibility index (Phi) is 6.68. The third kappa shape index (κ3) is 5.01. The summed E-state index contributed by atoms with van der Waals surface area (Å²) in [4.78, 5) is 12.0. The molecule has 7 nitrogen and oxygen atoms in total. The summed E-state index contributed by atoms with van der Waals surface area (Å²) >= 11 is 0. The van der Waals surface area contributed by atoms with Crippen LogP contribution in [0.3, 0.4) is 0 Å². The minimum absolute atomic E-state index is 0.00905. The van der Waals surface area contributed by atoms with Crippen molar-refractivity contribution in [1.29, 1.82) is 0 Å². The summed E-state index contributed by atoms with van der Waals surface area (Å²) in [5.74, 6) is -0.533. The van der Waals surface area contributed by atoms with Crippen molar-refractivity contribution in [2.45, 2.75) is 18.2 Å². The number of nitrogens with one attached hydrogen (secondary N) is 2. The van der Waals surface area contributed by atoms with Crippen LogP contribution in [0.2, 0.25) is 0 Å². The van der Waals surface area contributed by atoms with Crippen molar-refractivity contribution in [3.05, 3.63) is 54.6 Å². The smallest absolute Gasteiger partial charge is 0.355 e. The van der Waals surface area contributed by atoms with Crippen molar-refractivity contribution >= 4 is 55.9 Å². The van der Waals surface area contributed by atoms with Crippen molar-refractivity contribution in [3.63, 3.8) is 0 Å². The van der Waals surface area contributed by atoms with Crippen LogP contribution in [-0.2, 0) is 23.9 Å². The molecule has 4 aromatic carbocycles. The van der Waals surface area contributed by atoms with E-state index in [9.17, 15) is 22.0 Å². The molecule has 1 amide bonds. The molecule has 0 spiro atoms. The van der Waals surface area contributed by atoms with Crippen LogP contribution in [0, 0.1) is 0 Å². The third-order valence-corrected chi connectivity index (χ3v) is 8.37. The summed E-state index contributed by atoms with van der Waals surface area (Å²) in [5.41, 5.74) is 0. The molecule has 4 rings (SSSR count). The van der Waals surface area contributed by atoms with Gasteiger partial charge < -0.3 is 9.84 Å². The monoisotopic (exact) mass is 490 g/mol. The topological polar surface area (TPSA) is 102 Å². The summed E-state index contributed by atoms with van der Waals surface area (Å²) in [5, 5.41) is 8.07. The van der Waals surface area contributed by atoms with Crippen molar-refractivity contribution in [2.24, 2.45) is 0 Å². The van der Waals surface area contributed by atoms with E-state index in [4.69, 9.17) is 0 Å². The molecule has 0 aliphatic carbocycles. The van der Waals surface area contributed by atoms with Gasteiger partial charge in [0.1, 0.15) is 0 Å². The van der Waals surface area contributed by atoms with Gasteiger partial charge in [-0.2, -0.15) is 4.20 Å². The molecule has 10 heteroatoms. The van der Waals surface area contributed by atoms with Crippen LogP contribution >= 0.6 is 7.68 Å². The molecular formula is C23H24FN2O5PS. The van der Waals surface area contributed by atoms with E-state index in [2.05, 4.69) is 14.6 Å². The number of amides is 1. The standard InChI is InChI=1S/C23H24FN2O5PS/c1-2-31-32(24,28)15-12-21(27)25-13-14-26-33(29,30)20-11-9-18-7-6-16-4-3-5-17-8-10-19(20)23(18)22(16)17/h3-11,26H,2,12-15H2,1H3,(H,25,27). The molecule has 0 heterocycles. The molecule has 33 heavy (non-hydrogen) atoms. The first kappa shape index (κ1) is 23.6. The van der Waals surface area contributed by atoms with E-state index in [-0.39, 0.29) is 31.0 Å². The number of carbonyl (C=O) groups is 1. The van der Waals surface area contributed by atoms with Gasteiger partial charge in [0, 0.05) is 24.9 Å². The van der Waals surface area contributed by atoms with Crippen molar-refractivity contribution in [1.82, 2.24) is 10.0 Å². The molecule has 4 aromatic rings. The number of rotatable bonds is 10. The highest BCUT2D eigenvalue weighted by molar-refractivity contribution is 7.89. The summed E-state index contributed by atoms with van der Waals surface area (Å²) in [7, 11) is -8.13. The van der Waals surface area contributed by atoms with E-state index in [1.807, 2.05) is 42.5 Å². The number of hydrogen-bond acceptors (Lipinski definition) is 5. The first-order chi connectivity index (χ1) is 15.7. The molecular weight excluding hydrogens is 466 g/mol. The van der Waals surface area contributed by atoms with Crippen LogP contribution in [0.4, 0.5) is 4.20 Å². The van der Waals surface area contributed by atoms with E-state index >= 15 is 0 Å². The molecule has 0 aromatic heterocycles. The summed E-state index contributed by atoms with van der Waals surface area (Å²) < 4.78 is 58.0. The van der Waals surface area contributed by atoms with Crippen molar-refractivity contribution < 1.29 is 26.5 Å². The molecule has 0 aliphatic rings. The highest BCUT2D eigenvalue weighted by Crippen LogP contribution is 2.48. The molecule has 174 valence electrons. The zero-order valence-corrected chi connectivity index (χ0v) is 19.7. The fourth-order valence-electron chi connectivity index (χ4n) is 3.99. The zero-order valence-electron chi connectivity index (χ0n) is 18.0. The first-order valence-electron chi connectivity index (χ1n) is 10.6. The van der Waals surface area contributed by atoms with Gasteiger partial charge in [-0.15, -0.1) is 0 Å². The quantitative estimate of drug-likeness (QED) is 0.193. The zero-order chi connectivity index (χ0) is 23.6. The lowest BCUT2D eigenvalue weighted by Crippen LogP contribution is -2.35. The van der Waals surface area contributed by atoms with Crippen LogP contribution in [0.25, 0.3) is 32.3 Å². The van der Waals surface area contributed by atoms with Crippen LogP contribution in [0.1, 0.15) is 13.3 Å². The lowest BCUT2D eigenvalue weighted by Gasteiger charge is -2.14.